The Balaban J connectivity index is 1.48. The zero-order chi connectivity index (χ0) is 19.2. The van der Waals surface area contributed by atoms with Crippen molar-refractivity contribution in [2.45, 2.75) is 25.4 Å². The first kappa shape index (κ1) is 18.9. The van der Waals surface area contributed by atoms with Crippen LogP contribution in [0.3, 0.4) is 0 Å². The number of carbonyl (C=O) groups is 1. The van der Waals surface area contributed by atoms with Crippen LogP contribution < -0.4 is 15.5 Å². The van der Waals surface area contributed by atoms with Crippen LogP contribution in [-0.4, -0.2) is 25.8 Å². The van der Waals surface area contributed by atoms with E-state index in [1.54, 1.807) is 31.3 Å². The predicted octanol–water partition coefficient (Wildman–Crippen LogP) is 3.41. The van der Waals surface area contributed by atoms with Gasteiger partial charge in [0.15, 0.2) is 0 Å². The maximum atomic E-state index is 13.0. The molecule has 2 unspecified atom stereocenters. The minimum Gasteiger partial charge on any atom is -0.322 e. The van der Waals surface area contributed by atoms with Crippen LogP contribution in [0.5, 0.6) is 0 Å². The Kier molecular flexibility index (Phi) is 6.05. The molecule has 3 rings (SSSR count). The van der Waals surface area contributed by atoms with Gasteiger partial charge in [0.05, 0.1) is 17.8 Å². The van der Waals surface area contributed by atoms with Crippen molar-refractivity contribution in [2.24, 2.45) is 5.92 Å². The van der Waals surface area contributed by atoms with E-state index >= 15 is 0 Å². The summed E-state index contributed by atoms with van der Waals surface area (Å²) in [6, 6.07) is 15.5. The van der Waals surface area contributed by atoms with Gasteiger partial charge in [-0.1, -0.05) is 18.2 Å². The number of amides is 2. The Labute approximate surface area is 158 Å². The first-order valence-corrected chi connectivity index (χ1v) is 9.07. The number of halogens is 1. The molecule has 0 aromatic heterocycles. The van der Waals surface area contributed by atoms with Crippen molar-refractivity contribution in [2.75, 3.05) is 18.5 Å². The number of piperidine rings is 1. The molecule has 2 aromatic carbocycles. The lowest BCUT2D eigenvalue weighted by Crippen LogP contribution is -2.53. The maximum absolute atomic E-state index is 13.0. The molecule has 0 spiro atoms. The molecule has 0 bridgehead atoms. The quantitative estimate of drug-likeness (QED) is 0.871. The third-order valence-corrected chi connectivity index (χ3v) is 4.92. The molecule has 5 nitrogen and oxygen atoms in total. The van der Waals surface area contributed by atoms with E-state index < -0.39 is 0 Å². The van der Waals surface area contributed by atoms with Crippen molar-refractivity contribution in [3.63, 3.8) is 0 Å². The molecule has 2 atom stereocenters. The zero-order valence-corrected chi connectivity index (χ0v) is 15.3. The highest BCUT2D eigenvalue weighted by Crippen LogP contribution is 2.19. The van der Waals surface area contributed by atoms with Crippen molar-refractivity contribution >= 4 is 11.7 Å². The van der Waals surface area contributed by atoms with E-state index in [0.29, 0.717) is 17.2 Å². The number of rotatable bonds is 4. The molecular weight excluding hydrogens is 343 g/mol. The van der Waals surface area contributed by atoms with Gasteiger partial charge in [-0.15, -0.1) is 0 Å². The van der Waals surface area contributed by atoms with E-state index in [1.807, 2.05) is 12.1 Å². The van der Waals surface area contributed by atoms with E-state index in [4.69, 9.17) is 5.26 Å². The van der Waals surface area contributed by atoms with Crippen LogP contribution >= 0.6 is 0 Å². The van der Waals surface area contributed by atoms with Gasteiger partial charge in [0.2, 0.25) is 0 Å². The smallest absolute Gasteiger partial charge is 0.322 e. The number of hydrogen-bond donors (Lipinski definition) is 2. The standard InChI is InChI=1S/C21H23FN4O/c1-26(19-4-2-3-16(12-19)13-23)21(27)25-20-10-7-17(14-24-20)11-15-5-8-18(22)9-6-15/h2-6,8-9,12,17,20,24H,7,10-11,14H2,1H3,(H,25,27). The van der Waals surface area contributed by atoms with Crippen molar-refractivity contribution in [3.05, 3.63) is 65.5 Å². The summed E-state index contributed by atoms with van der Waals surface area (Å²) in [5, 5.41) is 15.4. The summed E-state index contributed by atoms with van der Waals surface area (Å²) in [7, 11) is 1.69. The fraction of sp³-hybridized carbons (Fsp3) is 0.333. The number of nitrogens with one attached hydrogen (secondary N) is 2. The first-order valence-electron chi connectivity index (χ1n) is 9.07. The lowest BCUT2D eigenvalue weighted by Gasteiger charge is -2.31. The zero-order valence-electron chi connectivity index (χ0n) is 15.3. The number of anilines is 1. The molecule has 2 N–H and O–H groups in total. The number of nitrogens with zero attached hydrogens (tertiary/aromatic N) is 2. The summed E-state index contributed by atoms with van der Waals surface area (Å²) in [5.74, 6) is 0.251. The van der Waals surface area contributed by atoms with Gasteiger partial charge in [-0.05, 0) is 61.1 Å². The van der Waals surface area contributed by atoms with Gasteiger partial charge in [-0.3, -0.25) is 10.2 Å². The first-order chi connectivity index (χ1) is 13.0. The van der Waals surface area contributed by atoms with Crippen molar-refractivity contribution < 1.29 is 9.18 Å². The monoisotopic (exact) mass is 366 g/mol. The van der Waals surface area contributed by atoms with Crippen molar-refractivity contribution in [1.29, 1.82) is 5.26 Å². The van der Waals surface area contributed by atoms with Gasteiger partial charge in [0, 0.05) is 19.3 Å². The molecule has 2 aromatic rings. The average Bonchev–Trinajstić information content (AvgIpc) is 2.70. The Morgan fingerprint density at radius 1 is 1.30 bits per heavy atom. The molecule has 1 aliphatic heterocycles. The van der Waals surface area contributed by atoms with Gasteiger partial charge in [0.25, 0.3) is 0 Å². The third-order valence-electron chi connectivity index (χ3n) is 4.92. The molecule has 0 aliphatic carbocycles. The second-order valence-corrected chi connectivity index (χ2v) is 6.91. The van der Waals surface area contributed by atoms with E-state index in [1.165, 1.54) is 17.0 Å². The van der Waals surface area contributed by atoms with E-state index in [-0.39, 0.29) is 18.0 Å². The molecule has 1 heterocycles. The SMILES string of the molecule is CN(C(=O)NC1CCC(Cc2ccc(F)cc2)CN1)c1cccc(C#N)c1. The fourth-order valence-corrected chi connectivity index (χ4v) is 3.31. The van der Waals surface area contributed by atoms with Gasteiger partial charge >= 0.3 is 6.03 Å². The van der Waals surface area contributed by atoms with Crippen LogP contribution in [0.15, 0.2) is 48.5 Å². The highest BCUT2D eigenvalue weighted by molar-refractivity contribution is 5.91. The second-order valence-electron chi connectivity index (χ2n) is 6.91. The maximum Gasteiger partial charge on any atom is 0.322 e. The molecule has 1 saturated heterocycles. The topological polar surface area (TPSA) is 68.2 Å². The fourth-order valence-electron chi connectivity index (χ4n) is 3.31. The number of nitriles is 1. The lowest BCUT2D eigenvalue weighted by atomic mass is 9.91. The van der Waals surface area contributed by atoms with Crippen molar-refractivity contribution in [3.8, 4) is 6.07 Å². The molecule has 1 aliphatic rings. The molecule has 6 heteroatoms. The molecule has 0 saturated carbocycles. The molecule has 0 radical (unpaired) electrons. The van der Waals surface area contributed by atoms with E-state index in [0.717, 1.165) is 31.4 Å². The molecule has 27 heavy (non-hydrogen) atoms. The Hall–Kier alpha value is -2.91. The summed E-state index contributed by atoms with van der Waals surface area (Å²) in [6.07, 6.45) is 2.64. The van der Waals surface area contributed by atoms with E-state index in [2.05, 4.69) is 16.7 Å². The third kappa shape index (κ3) is 5.05. The summed E-state index contributed by atoms with van der Waals surface area (Å²) in [6.45, 7) is 0.802. The summed E-state index contributed by atoms with van der Waals surface area (Å²) < 4.78 is 13.0. The summed E-state index contributed by atoms with van der Waals surface area (Å²) in [4.78, 5) is 14.0. The average molecular weight is 366 g/mol. The van der Waals surface area contributed by atoms with Crippen LogP contribution in [0.2, 0.25) is 0 Å². The Bertz CT molecular complexity index is 823. The molecule has 1 fully saturated rings. The minimum atomic E-state index is -0.215. The summed E-state index contributed by atoms with van der Waals surface area (Å²) in [5.41, 5.74) is 2.32. The lowest BCUT2D eigenvalue weighted by molar-refractivity contribution is 0.228. The second kappa shape index (κ2) is 8.65. The normalized spacial score (nSPS) is 19.1. The molecular formula is C21H23FN4O. The van der Waals surface area contributed by atoms with Crippen molar-refractivity contribution in [1.82, 2.24) is 10.6 Å². The molecule has 2 amide bonds. The molecule has 140 valence electrons. The number of carbonyl (C=O) groups excluding carboxylic acids is 1. The Morgan fingerprint density at radius 3 is 2.74 bits per heavy atom. The van der Waals surface area contributed by atoms with Crippen LogP contribution in [0.1, 0.15) is 24.0 Å². The van der Waals surface area contributed by atoms with Crippen LogP contribution in [0.4, 0.5) is 14.9 Å². The Morgan fingerprint density at radius 2 is 2.07 bits per heavy atom. The van der Waals surface area contributed by atoms with Gasteiger partial charge in [-0.25, -0.2) is 9.18 Å². The summed E-state index contributed by atoms with van der Waals surface area (Å²) >= 11 is 0. The van der Waals surface area contributed by atoms with Crippen LogP contribution in [0.25, 0.3) is 0 Å². The largest absolute Gasteiger partial charge is 0.322 e. The van der Waals surface area contributed by atoms with Crippen LogP contribution in [0, 0.1) is 23.1 Å². The van der Waals surface area contributed by atoms with Gasteiger partial charge in [-0.2, -0.15) is 5.26 Å². The number of hydrogen-bond acceptors (Lipinski definition) is 3. The highest BCUT2D eigenvalue weighted by Gasteiger charge is 2.23. The van der Waals surface area contributed by atoms with Crippen LogP contribution in [-0.2, 0) is 6.42 Å². The van der Waals surface area contributed by atoms with Gasteiger partial charge in [0.1, 0.15) is 5.82 Å². The predicted molar refractivity (Wildman–Crippen MR) is 103 cm³/mol. The number of benzene rings is 2. The number of urea groups is 1. The van der Waals surface area contributed by atoms with E-state index in [9.17, 15) is 9.18 Å². The highest BCUT2D eigenvalue weighted by atomic mass is 19.1. The van der Waals surface area contributed by atoms with Gasteiger partial charge < -0.3 is 5.32 Å². The minimum absolute atomic E-state index is 0.0800.